The van der Waals surface area contributed by atoms with Gasteiger partial charge in [0.1, 0.15) is 23.0 Å². The normalized spacial score (nSPS) is 12.1. The van der Waals surface area contributed by atoms with E-state index in [0.29, 0.717) is 46.9 Å². The predicted molar refractivity (Wildman–Crippen MR) is 132 cm³/mol. The number of nitrogens with zero attached hydrogens (tertiary/aromatic N) is 2. The summed E-state index contributed by atoms with van der Waals surface area (Å²) in [5, 5.41) is 45.6. The number of rotatable bonds is 15. The van der Waals surface area contributed by atoms with Crippen LogP contribution in [0.15, 0.2) is 46.7 Å². The fourth-order valence-electron chi connectivity index (χ4n) is 3.89. The molecule has 0 heterocycles. The summed E-state index contributed by atoms with van der Waals surface area (Å²) in [6, 6.07) is 9.88. The lowest BCUT2D eigenvalue weighted by atomic mass is 10.00. The van der Waals surface area contributed by atoms with Crippen molar-refractivity contribution in [2.45, 2.75) is 64.2 Å². The Balaban J connectivity index is 1.59. The highest BCUT2D eigenvalue weighted by atomic mass is 16.5. The molecule has 34 heavy (non-hydrogen) atoms. The average Bonchev–Trinajstić information content (AvgIpc) is 2.85. The number of phenols is 2. The number of benzene rings is 2. The minimum Gasteiger partial charge on any atom is -0.507 e. The monoisotopic (exact) mass is 472 g/mol. The first-order chi connectivity index (χ1) is 16.5. The first kappa shape index (κ1) is 26.8. The van der Waals surface area contributed by atoms with Crippen molar-refractivity contribution < 1.29 is 30.1 Å². The number of oxime groups is 2. The van der Waals surface area contributed by atoms with Crippen LogP contribution in [0, 0.1) is 0 Å². The largest absolute Gasteiger partial charge is 0.507 e. The van der Waals surface area contributed by atoms with E-state index < -0.39 is 0 Å². The SMILES string of the molecule is COc1ccc(/C(CCCCCCCCCC/C(=N\O)c2ccc(OC)cc2O)=N/O)c(O)c1. The molecule has 0 bridgehead atoms. The third-order valence-electron chi connectivity index (χ3n) is 5.85. The summed E-state index contributed by atoms with van der Waals surface area (Å²) in [4.78, 5) is 0. The Hall–Kier alpha value is -3.42. The van der Waals surface area contributed by atoms with Crippen LogP contribution in [0.3, 0.4) is 0 Å². The number of methoxy groups -OCH3 is 2. The molecular formula is C26H36N2O6. The number of unbranched alkanes of at least 4 members (excludes halogenated alkanes) is 7. The summed E-state index contributed by atoms with van der Waals surface area (Å²) in [5.74, 6) is 1.20. The van der Waals surface area contributed by atoms with Gasteiger partial charge >= 0.3 is 0 Å². The van der Waals surface area contributed by atoms with Gasteiger partial charge in [-0.15, -0.1) is 0 Å². The molecule has 0 saturated carbocycles. The topological polar surface area (TPSA) is 124 Å². The van der Waals surface area contributed by atoms with Gasteiger partial charge in [0.05, 0.1) is 25.6 Å². The van der Waals surface area contributed by atoms with E-state index in [1.54, 1.807) is 24.3 Å². The van der Waals surface area contributed by atoms with E-state index in [-0.39, 0.29) is 11.5 Å². The molecule has 0 atom stereocenters. The molecule has 186 valence electrons. The van der Waals surface area contributed by atoms with Crippen molar-refractivity contribution in [3.8, 4) is 23.0 Å². The Bertz CT molecular complexity index is 881. The maximum absolute atomic E-state index is 10.1. The van der Waals surface area contributed by atoms with Crippen LogP contribution in [0.5, 0.6) is 23.0 Å². The second-order valence-electron chi connectivity index (χ2n) is 8.19. The standard InChI is InChI=1S/C26H36N2O6/c1-33-19-13-15-21(25(29)17-19)23(27-31)11-9-7-5-3-4-6-8-10-12-24(28-32)22-16-14-20(34-2)18-26(22)30/h13-18,29-32H,3-12H2,1-2H3/b27-23+,28-24+. The predicted octanol–water partition coefficient (Wildman–Crippen LogP) is 6.07. The molecular weight excluding hydrogens is 436 g/mol. The Morgan fingerprint density at radius 3 is 1.26 bits per heavy atom. The molecule has 2 rings (SSSR count). The van der Waals surface area contributed by atoms with Gasteiger partial charge in [-0.3, -0.25) is 0 Å². The number of hydrogen-bond acceptors (Lipinski definition) is 8. The zero-order valence-electron chi connectivity index (χ0n) is 20.0. The zero-order valence-corrected chi connectivity index (χ0v) is 20.0. The number of aromatic hydroxyl groups is 2. The van der Waals surface area contributed by atoms with Gasteiger partial charge in [-0.05, 0) is 49.9 Å². The molecule has 0 spiro atoms. The molecule has 0 amide bonds. The minimum absolute atomic E-state index is 0.0451. The smallest absolute Gasteiger partial charge is 0.128 e. The van der Waals surface area contributed by atoms with Gasteiger partial charge in [0.15, 0.2) is 0 Å². The van der Waals surface area contributed by atoms with Gasteiger partial charge in [0.2, 0.25) is 0 Å². The first-order valence-electron chi connectivity index (χ1n) is 11.7. The Labute approximate surface area is 201 Å². The van der Waals surface area contributed by atoms with Crippen LogP contribution in [0.2, 0.25) is 0 Å². The van der Waals surface area contributed by atoms with Crippen LogP contribution >= 0.6 is 0 Å². The first-order valence-corrected chi connectivity index (χ1v) is 11.7. The van der Waals surface area contributed by atoms with Crippen molar-refractivity contribution >= 4 is 11.4 Å². The fourth-order valence-corrected chi connectivity index (χ4v) is 3.89. The molecule has 0 aliphatic heterocycles. The summed E-state index contributed by atoms with van der Waals surface area (Å²) < 4.78 is 10.2. The summed E-state index contributed by atoms with van der Waals surface area (Å²) >= 11 is 0. The van der Waals surface area contributed by atoms with Gasteiger partial charge in [-0.25, -0.2) is 0 Å². The number of phenolic OH excluding ortho intramolecular Hbond substituents is 2. The van der Waals surface area contributed by atoms with Crippen molar-refractivity contribution in [2.75, 3.05) is 14.2 Å². The molecule has 0 aliphatic rings. The van der Waals surface area contributed by atoms with Gasteiger partial charge in [-0.2, -0.15) is 0 Å². The third kappa shape index (κ3) is 8.17. The van der Waals surface area contributed by atoms with E-state index in [9.17, 15) is 20.6 Å². The van der Waals surface area contributed by atoms with Crippen molar-refractivity contribution in [1.29, 1.82) is 0 Å². The summed E-state index contributed by atoms with van der Waals surface area (Å²) in [6.07, 6.45) is 9.43. The lowest BCUT2D eigenvalue weighted by Gasteiger charge is -2.09. The average molecular weight is 473 g/mol. The Morgan fingerprint density at radius 2 is 0.971 bits per heavy atom. The fraction of sp³-hybridized carbons (Fsp3) is 0.462. The molecule has 0 aliphatic carbocycles. The molecule has 0 radical (unpaired) electrons. The summed E-state index contributed by atoms with van der Waals surface area (Å²) in [5.41, 5.74) is 2.00. The number of ether oxygens (including phenoxy) is 2. The van der Waals surface area contributed by atoms with E-state index in [1.165, 1.54) is 26.4 Å². The van der Waals surface area contributed by atoms with E-state index >= 15 is 0 Å². The van der Waals surface area contributed by atoms with E-state index in [2.05, 4.69) is 10.3 Å². The van der Waals surface area contributed by atoms with Gasteiger partial charge < -0.3 is 30.1 Å². The van der Waals surface area contributed by atoms with Crippen molar-refractivity contribution in [3.05, 3.63) is 47.5 Å². The molecule has 0 fully saturated rings. The van der Waals surface area contributed by atoms with Gasteiger partial charge in [0, 0.05) is 23.3 Å². The van der Waals surface area contributed by atoms with Crippen LogP contribution < -0.4 is 9.47 Å². The van der Waals surface area contributed by atoms with Crippen LogP contribution in [0.1, 0.15) is 75.3 Å². The summed E-state index contributed by atoms with van der Waals surface area (Å²) in [6.45, 7) is 0. The summed E-state index contributed by atoms with van der Waals surface area (Å²) in [7, 11) is 3.06. The lowest BCUT2D eigenvalue weighted by molar-refractivity contribution is 0.317. The van der Waals surface area contributed by atoms with Crippen molar-refractivity contribution in [1.82, 2.24) is 0 Å². The second-order valence-corrected chi connectivity index (χ2v) is 8.19. The van der Waals surface area contributed by atoms with E-state index in [1.807, 2.05) is 0 Å². The number of hydrogen-bond donors (Lipinski definition) is 4. The van der Waals surface area contributed by atoms with Gasteiger partial charge in [-0.1, -0.05) is 48.8 Å². The minimum atomic E-state index is 0.0451. The quantitative estimate of drug-likeness (QED) is 0.108. The van der Waals surface area contributed by atoms with E-state index in [0.717, 1.165) is 51.4 Å². The van der Waals surface area contributed by atoms with Crippen molar-refractivity contribution in [2.24, 2.45) is 10.3 Å². The highest BCUT2D eigenvalue weighted by Crippen LogP contribution is 2.27. The maximum Gasteiger partial charge on any atom is 0.128 e. The van der Waals surface area contributed by atoms with Crippen LogP contribution in [-0.2, 0) is 0 Å². The highest BCUT2D eigenvalue weighted by Gasteiger charge is 2.12. The molecule has 0 aromatic heterocycles. The molecule has 4 N–H and O–H groups in total. The highest BCUT2D eigenvalue weighted by molar-refractivity contribution is 6.03. The molecule has 8 nitrogen and oxygen atoms in total. The van der Waals surface area contributed by atoms with Crippen LogP contribution in [0.4, 0.5) is 0 Å². The Morgan fingerprint density at radius 1 is 0.618 bits per heavy atom. The zero-order chi connectivity index (χ0) is 24.8. The Kier molecular flexibility index (Phi) is 11.6. The maximum atomic E-state index is 10.1. The van der Waals surface area contributed by atoms with E-state index in [4.69, 9.17) is 9.47 Å². The van der Waals surface area contributed by atoms with Crippen molar-refractivity contribution in [3.63, 3.8) is 0 Å². The molecule has 2 aromatic carbocycles. The second kappa shape index (κ2) is 14.7. The molecule has 0 unspecified atom stereocenters. The van der Waals surface area contributed by atoms with Gasteiger partial charge in [0.25, 0.3) is 0 Å². The lowest BCUT2D eigenvalue weighted by Crippen LogP contribution is -2.02. The van der Waals surface area contributed by atoms with Crippen LogP contribution in [0.25, 0.3) is 0 Å². The molecule has 2 aromatic rings. The third-order valence-corrected chi connectivity index (χ3v) is 5.85. The molecule has 8 heteroatoms. The molecule has 0 saturated heterocycles. The van der Waals surface area contributed by atoms with Crippen LogP contribution in [-0.4, -0.2) is 46.3 Å².